The third kappa shape index (κ3) is 4.67. The summed E-state index contributed by atoms with van der Waals surface area (Å²) in [5.41, 5.74) is 1.46. The van der Waals surface area contributed by atoms with Crippen molar-refractivity contribution in [1.82, 2.24) is 15.0 Å². The van der Waals surface area contributed by atoms with Gasteiger partial charge in [0, 0.05) is 23.9 Å². The predicted octanol–water partition coefficient (Wildman–Crippen LogP) is 4.17. The summed E-state index contributed by atoms with van der Waals surface area (Å²) in [4.78, 5) is 19.9. The van der Waals surface area contributed by atoms with E-state index in [-0.39, 0.29) is 17.2 Å². The SMILES string of the molecule is Cc1noc(C2CCN(C(=O)CSc3ccc(C(C)(C)C)cc3)CC2)n1. The lowest BCUT2D eigenvalue weighted by atomic mass is 9.87. The molecule has 6 heteroatoms. The largest absolute Gasteiger partial charge is 0.342 e. The quantitative estimate of drug-likeness (QED) is 0.753. The maximum Gasteiger partial charge on any atom is 0.232 e. The van der Waals surface area contributed by atoms with Crippen molar-refractivity contribution < 1.29 is 9.32 Å². The zero-order valence-electron chi connectivity index (χ0n) is 16.0. The van der Waals surface area contributed by atoms with E-state index in [1.165, 1.54) is 5.56 Å². The second-order valence-corrected chi connectivity index (χ2v) is 8.95. The van der Waals surface area contributed by atoms with Gasteiger partial charge in [-0.1, -0.05) is 38.1 Å². The van der Waals surface area contributed by atoms with Crippen molar-refractivity contribution in [1.29, 1.82) is 0 Å². The molecule has 1 fully saturated rings. The number of piperidine rings is 1. The first-order valence-electron chi connectivity index (χ1n) is 9.14. The molecule has 0 atom stereocenters. The van der Waals surface area contributed by atoms with Gasteiger partial charge in [0.1, 0.15) is 0 Å². The van der Waals surface area contributed by atoms with Gasteiger partial charge in [-0.25, -0.2) is 0 Å². The highest BCUT2D eigenvalue weighted by Crippen LogP contribution is 2.28. The Morgan fingerprint density at radius 2 is 1.88 bits per heavy atom. The minimum Gasteiger partial charge on any atom is -0.342 e. The van der Waals surface area contributed by atoms with Gasteiger partial charge in [0.15, 0.2) is 5.82 Å². The van der Waals surface area contributed by atoms with E-state index in [2.05, 4.69) is 55.2 Å². The molecule has 0 radical (unpaired) electrons. The van der Waals surface area contributed by atoms with Crippen molar-refractivity contribution in [2.24, 2.45) is 0 Å². The summed E-state index contributed by atoms with van der Waals surface area (Å²) >= 11 is 1.61. The number of likely N-dealkylation sites (tertiary alicyclic amines) is 1. The van der Waals surface area contributed by atoms with Crippen molar-refractivity contribution in [2.75, 3.05) is 18.8 Å². The van der Waals surface area contributed by atoms with Crippen LogP contribution in [0.5, 0.6) is 0 Å². The highest BCUT2D eigenvalue weighted by Gasteiger charge is 2.27. The van der Waals surface area contributed by atoms with Crippen molar-refractivity contribution in [3.63, 3.8) is 0 Å². The van der Waals surface area contributed by atoms with Gasteiger partial charge in [-0.2, -0.15) is 4.98 Å². The number of rotatable bonds is 4. The van der Waals surface area contributed by atoms with Gasteiger partial charge in [0.25, 0.3) is 0 Å². The fraction of sp³-hybridized carbons (Fsp3) is 0.550. The summed E-state index contributed by atoms with van der Waals surface area (Å²) in [7, 11) is 0. The number of nitrogens with zero attached hydrogens (tertiary/aromatic N) is 3. The molecule has 1 aromatic heterocycles. The smallest absolute Gasteiger partial charge is 0.232 e. The third-order valence-electron chi connectivity index (χ3n) is 4.82. The normalized spacial score (nSPS) is 16.1. The molecular weight excluding hydrogens is 346 g/mol. The van der Waals surface area contributed by atoms with Crippen LogP contribution in [0.4, 0.5) is 0 Å². The van der Waals surface area contributed by atoms with Crippen LogP contribution in [0.1, 0.15) is 56.8 Å². The van der Waals surface area contributed by atoms with Crippen LogP contribution in [0.25, 0.3) is 0 Å². The lowest BCUT2D eigenvalue weighted by Gasteiger charge is -2.30. The van der Waals surface area contributed by atoms with Gasteiger partial charge < -0.3 is 9.42 Å². The van der Waals surface area contributed by atoms with Gasteiger partial charge in [-0.3, -0.25) is 4.79 Å². The Morgan fingerprint density at radius 3 is 2.42 bits per heavy atom. The molecule has 1 saturated heterocycles. The van der Waals surface area contributed by atoms with E-state index in [1.807, 2.05) is 11.8 Å². The standard InChI is InChI=1S/C20H27N3O2S/c1-14-21-19(25-22-14)15-9-11-23(12-10-15)18(24)13-26-17-7-5-16(6-8-17)20(2,3)4/h5-8,15H,9-13H2,1-4H3. The van der Waals surface area contributed by atoms with Crippen molar-refractivity contribution in [3.8, 4) is 0 Å². The Hall–Kier alpha value is -1.82. The molecule has 26 heavy (non-hydrogen) atoms. The van der Waals surface area contributed by atoms with Gasteiger partial charge in [-0.05, 0) is 42.9 Å². The fourth-order valence-corrected chi connectivity index (χ4v) is 3.94. The molecule has 0 spiro atoms. The lowest BCUT2D eigenvalue weighted by Crippen LogP contribution is -2.39. The van der Waals surface area contributed by atoms with Crippen LogP contribution in [-0.4, -0.2) is 39.8 Å². The number of amides is 1. The van der Waals surface area contributed by atoms with Crippen molar-refractivity contribution >= 4 is 17.7 Å². The van der Waals surface area contributed by atoms with Gasteiger partial charge in [-0.15, -0.1) is 11.8 Å². The summed E-state index contributed by atoms with van der Waals surface area (Å²) in [5.74, 6) is 2.35. The van der Waals surface area contributed by atoms with E-state index in [4.69, 9.17) is 4.52 Å². The number of carbonyl (C=O) groups excluding carboxylic acids is 1. The first-order valence-corrected chi connectivity index (χ1v) is 10.1. The Bertz CT molecular complexity index is 741. The van der Waals surface area contributed by atoms with E-state index in [9.17, 15) is 4.79 Å². The number of aromatic nitrogens is 2. The molecule has 2 heterocycles. The molecule has 0 bridgehead atoms. The van der Waals surface area contributed by atoms with Crippen LogP contribution in [0.15, 0.2) is 33.7 Å². The number of thioether (sulfide) groups is 1. The first kappa shape index (κ1) is 19.0. The minimum atomic E-state index is 0.153. The average molecular weight is 374 g/mol. The summed E-state index contributed by atoms with van der Waals surface area (Å²) in [6.07, 6.45) is 1.77. The maximum atomic E-state index is 12.5. The molecule has 1 aromatic carbocycles. The van der Waals surface area contributed by atoms with Gasteiger partial charge in [0.05, 0.1) is 5.75 Å². The second-order valence-electron chi connectivity index (χ2n) is 7.90. The van der Waals surface area contributed by atoms with E-state index < -0.39 is 0 Å². The van der Waals surface area contributed by atoms with Crippen LogP contribution < -0.4 is 0 Å². The Kier molecular flexibility index (Phi) is 5.70. The molecule has 1 aliphatic heterocycles. The second kappa shape index (κ2) is 7.82. The van der Waals surface area contributed by atoms with E-state index in [1.54, 1.807) is 11.8 Å². The van der Waals surface area contributed by atoms with Crippen LogP contribution >= 0.6 is 11.8 Å². The Balaban J connectivity index is 1.47. The predicted molar refractivity (Wildman–Crippen MR) is 103 cm³/mol. The molecule has 3 rings (SSSR count). The van der Waals surface area contributed by atoms with Crippen molar-refractivity contribution in [2.45, 2.75) is 56.8 Å². The monoisotopic (exact) mass is 373 g/mol. The maximum absolute atomic E-state index is 12.5. The summed E-state index contributed by atoms with van der Waals surface area (Å²) in [5, 5.41) is 3.86. The minimum absolute atomic E-state index is 0.153. The van der Waals surface area contributed by atoms with E-state index in [0.29, 0.717) is 17.5 Å². The Labute approximate surface area is 159 Å². The van der Waals surface area contributed by atoms with Crippen LogP contribution in [-0.2, 0) is 10.2 Å². The van der Waals surface area contributed by atoms with Crippen LogP contribution in [0.3, 0.4) is 0 Å². The molecule has 0 N–H and O–H groups in total. The van der Waals surface area contributed by atoms with Gasteiger partial charge in [0.2, 0.25) is 11.8 Å². The number of aryl methyl sites for hydroxylation is 1. The molecule has 2 aromatic rings. The zero-order chi connectivity index (χ0) is 18.7. The summed E-state index contributed by atoms with van der Waals surface area (Å²) < 4.78 is 5.27. The zero-order valence-corrected chi connectivity index (χ0v) is 16.8. The molecule has 140 valence electrons. The number of carbonyl (C=O) groups is 1. The number of hydrogen-bond acceptors (Lipinski definition) is 5. The molecule has 1 aliphatic rings. The molecule has 0 aliphatic carbocycles. The molecular formula is C20H27N3O2S. The lowest BCUT2D eigenvalue weighted by molar-refractivity contribution is -0.129. The summed E-state index contributed by atoms with van der Waals surface area (Å²) in [6, 6.07) is 8.54. The molecule has 1 amide bonds. The average Bonchev–Trinajstić information content (AvgIpc) is 3.06. The highest BCUT2D eigenvalue weighted by atomic mass is 32.2. The highest BCUT2D eigenvalue weighted by molar-refractivity contribution is 8.00. The van der Waals surface area contributed by atoms with Gasteiger partial charge >= 0.3 is 0 Å². The molecule has 0 saturated carbocycles. The van der Waals surface area contributed by atoms with Crippen molar-refractivity contribution in [3.05, 3.63) is 41.5 Å². The Morgan fingerprint density at radius 1 is 1.23 bits per heavy atom. The third-order valence-corrected chi connectivity index (χ3v) is 5.82. The molecule has 0 unspecified atom stereocenters. The number of benzene rings is 1. The topological polar surface area (TPSA) is 59.2 Å². The first-order chi connectivity index (χ1) is 12.3. The fourth-order valence-electron chi connectivity index (χ4n) is 3.14. The van der Waals surface area contributed by atoms with Crippen LogP contribution in [0, 0.1) is 6.92 Å². The summed E-state index contributed by atoms with van der Waals surface area (Å²) in [6.45, 7) is 9.97. The van der Waals surface area contributed by atoms with E-state index >= 15 is 0 Å². The van der Waals surface area contributed by atoms with E-state index in [0.717, 1.165) is 30.8 Å². The molecule has 5 nitrogen and oxygen atoms in total. The van der Waals surface area contributed by atoms with Crippen LogP contribution in [0.2, 0.25) is 0 Å². The number of hydrogen-bond donors (Lipinski definition) is 0.